The van der Waals surface area contributed by atoms with Crippen LogP contribution in [0.25, 0.3) is 0 Å². The SMILES string of the molecule is C1=CCC/C=C\CC1.F[B-](F)(F)F.F[B-](F)(F)F.F[B-](F)(F)F.O=C(c1ccccc1)N1C[C@@H](c2ccc(Pc3ccccc3)cc2)[C@H](c2ccc(Pc3ccccc3)cc2)C1.[Rh+3]. The van der Waals surface area contributed by atoms with Crippen molar-refractivity contribution in [3.8, 4) is 0 Å². The normalized spacial score (nSPS) is 16.7. The Morgan fingerprint density at radius 2 is 0.667 bits per heavy atom. The van der Waals surface area contributed by atoms with Crippen molar-refractivity contribution in [3.63, 3.8) is 0 Å². The minimum Gasteiger partial charge on any atom is -0.418 e. The van der Waals surface area contributed by atoms with Gasteiger partial charge in [0.2, 0.25) is 0 Å². The minimum absolute atomic E-state index is 0. The van der Waals surface area contributed by atoms with Gasteiger partial charge < -0.3 is 56.7 Å². The Balaban J connectivity index is 0.000000466. The first-order chi connectivity index (χ1) is 29.2. The second-order valence-corrected chi connectivity index (χ2v) is 16.4. The summed E-state index contributed by atoms with van der Waals surface area (Å²) in [4.78, 5) is 15.5. The fraction of sp³-hybridized carbons (Fsp3) is 0.186. The number of hydrogen-bond donors (Lipinski definition) is 0. The number of halogens is 12. The number of likely N-dealkylation sites (tertiary alicyclic amines) is 1. The number of hydrogen-bond acceptors (Lipinski definition) is 1. The van der Waals surface area contributed by atoms with Crippen molar-refractivity contribution >= 4 is 66.0 Å². The Labute approximate surface area is 376 Å². The summed E-state index contributed by atoms with van der Waals surface area (Å²) in [6.45, 7) is 1.46. The van der Waals surface area contributed by atoms with E-state index in [1.807, 2.05) is 35.2 Å². The number of carbonyl (C=O) groups is 1. The maximum atomic E-state index is 13.4. The summed E-state index contributed by atoms with van der Waals surface area (Å²) in [5.74, 6) is 0.635. The van der Waals surface area contributed by atoms with Gasteiger partial charge in [-0.2, -0.15) is 0 Å². The minimum atomic E-state index is -6.00. The smallest absolute Gasteiger partial charge is 0.418 e. The fourth-order valence-electron chi connectivity index (χ4n) is 6.27. The van der Waals surface area contributed by atoms with Crippen LogP contribution in [0, 0.1) is 0 Å². The third kappa shape index (κ3) is 25.7. The number of carbonyl (C=O) groups excluding carboxylic acids is 1. The van der Waals surface area contributed by atoms with Crippen molar-refractivity contribution < 1.29 is 76.1 Å². The number of amides is 1. The van der Waals surface area contributed by atoms with Crippen LogP contribution < -0.4 is 21.2 Å². The van der Waals surface area contributed by atoms with Crippen molar-refractivity contribution in [1.82, 2.24) is 4.90 Å². The van der Waals surface area contributed by atoms with E-state index in [0.717, 1.165) is 18.7 Å². The molecule has 0 spiro atoms. The van der Waals surface area contributed by atoms with Crippen LogP contribution in [0.15, 0.2) is 164 Å². The van der Waals surface area contributed by atoms with Gasteiger partial charge in [-0.25, -0.2) is 0 Å². The molecule has 1 amide bonds. The molecule has 1 fully saturated rings. The topological polar surface area (TPSA) is 20.3 Å². The van der Waals surface area contributed by atoms with Gasteiger partial charge in [0.25, 0.3) is 5.91 Å². The number of nitrogens with zero attached hydrogens (tertiary/aromatic N) is 1. The third-order valence-corrected chi connectivity index (χ3v) is 11.3. The molecule has 5 aromatic rings. The van der Waals surface area contributed by atoms with Gasteiger partial charge >= 0.3 is 41.2 Å². The molecule has 0 N–H and O–H groups in total. The molecule has 338 valence electrons. The van der Waals surface area contributed by atoms with Gasteiger partial charge in [-0.3, -0.25) is 4.79 Å². The van der Waals surface area contributed by atoms with Crippen LogP contribution in [0.4, 0.5) is 51.8 Å². The first kappa shape index (κ1) is 55.0. The molecule has 2 unspecified atom stereocenters. The summed E-state index contributed by atoms with van der Waals surface area (Å²) < 4.78 is 117. The molecule has 63 heavy (non-hydrogen) atoms. The van der Waals surface area contributed by atoms with Crippen molar-refractivity contribution in [2.24, 2.45) is 0 Å². The molecular formula is C43H43B3F12NOP2Rh. The summed E-state index contributed by atoms with van der Waals surface area (Å²) in [6, 6.07) is 49.2. The van der Waals surface area contributed by atoms with Crippen LogP contribution in [0.3, 0.4) is 0 Å². The van der Waals surface area contributed by atoms with E-state index in [4.69, 9.17) is 0 Å². The van der Waals surface area contributed by atoms with Crippen molar-refractivity contribution in [1.29, 1.82) is 0 Å². The van der Waals surface area contributed by atoms with Gasteiger partial charge in [0.05, 0.1) is 0 Å². The Hall–Kier alpha value is -4.11. The van der Waals surface area contributed by atoms with Crippen LogP contribution >= 0.6 is 17.2 Å². The molecule has 0 saturated carbocycles. The Kier molecular flexibility index (Phi) is 24.4. The van der Waals surface area contributed by atoms with Crippen molar-refractivity contribution in [2.45, 2.75) is 37.5 Å². The van der Waals surface area contributed by atoms with E-state index in [-0.39, 0.29) is 37.2 Å². The quantitative estimate of drug-likeness (QED) is 0.0689. The number of rotatable bonds is 7. The molecular weight excluding hydrogens is 972 g/mol. The van der Waals surface area contributed by atoms with Crippen molar-refractivity contribution in [2.75, 3.05) is 13.1 Å². The maximum absolute atomic E-state index is 13.4. The summed E-state index contributed by atoms with van der Waals surface area (Å²) >= 11 is 0. The molecule has 0 bridgehead atoms. The zero-order valence-electron chi connectivity index (χ0n) is 33.4. The van der Waals surface area contributed by atoms with E-state index in [1.54, 1.807) is 0 Å². The van der Waals surface area contributed by atoms with E-state index in [0.29, 0.717) is 17.2 Å². The predicted molar refractivity (Wildman–Crippen MR) is 236 cm³/mol. The first-order valence-corrected chi connectivity index (χ1v) is 21.3. The predicted octanol–water partition coefficient (Wildman–Crippen LogP) is 12.5. The fourth-order valence-corrected chi connectivity index (χ4v) is 8.32. The summed E-state index contributed by atoms with van der Waals surface area (Å²) in [5.41, 5.74) is 3.37. The molecule has 20 heteroatoms. The van der Waals surface area contributed by atoms with Gasteiger partial charge in [0.1, 0.15) is 0 Å². The van der Waals surface area contributed by atoms with Gasteiger partial charge in [0, 0.05) is 30.5 Å². The van der Waals surface area contributed by atoms with E-state index in [2.05, 4.69) is 133 Å². The van der Waals surface area contributed by atoms with Gasteiger partial charge in [-0.05, 0) is 70.2 Å². The van der Waals surface area contributed by atoms with E-state index in [9.17, 15) is 56.6 Å². The van der Waals surface area contributed by atoms with Gasteiger partial charge in [-0.15, -0.1) is 0 Å². The molecule has 0 aromatic heterocycles. The molecule has 1 heterocycles. The zero-order chi connectivity index (χ0) is 45.6. The summed E-state index contributed by atoms with van der Waals surface area (Å²) in [5, 5.41) is 5.37. The van der Waals surface area contributed by atoms with Gasteiger partial charge in [0.15, 0.2) is 0 Å². The second kappa shape index (κ2) is 27.9. The summed E-state index contributed by atoms with van der Waals surface area (Å²) in [6.07, 6.45) is 14.0. The van der Waals surface area contributed by atoms with E-state index in [1.165, 1.54) is 58.0 Å². The molecule has 7 rings (SSSR count). The standard InChI is InChI=1S/C35H31NOP2.C8H12.3BF4.Rh/c37-35(28-10-4-1-5-11-28)36-24-33(26-16-20-31(21-17-26)38-29-12-6-2-7-13-29)34(25-36)27-18-22-32(23-19-27)39-30-14-8-3-9-15-30;1-2-4-6-8-7-5-3-1;3*2-1(3,4)5;/h1-23,33-34,38-39H,24-25H2;1-2,7-8H,3-6H2;;;;/q;;3*-1;+3/b;2-1-,8-7?;;;;/t33-,34-;;;;;/m0...../s1. The van der Waals surface area contributed by atoms with Crippen LogP contribution in [0.5, 0.6) is 0 Å². The molecule has 4 atom stereocenters. The summed E-state index contributed by atoms with van der Waals surface area (Å²) in [7, 11) is -16.7. The second-order valence-electron chi connectivity index (χ2n) is 13.6. The largest absolute Gasteiger partial charge is 3.00 e. The van der Waals surface area contributed by atoms with Crippen LogP contribution in [-0.4, -0.2) is 45.7 Å². The molecule has 0 radical (unpaired) electrons. The molecule has 1 aliphatic carbocycles. The van der Waals surface area contributed by atoms with E-state index >= 15 is 0 Å². The van der Waals surface area contributed by atoms with E-state index < -0.39 is 21.8 Å². The Bertz CT molecular complexity index is 1920. The molecule has 1 saturated heterocycles. The number of benzene rings is 5. The van der Waals surface area contributed by atoms with Gasteiger partial charge in [-0.1, -0.05) is 169 Å². The average molecular weight is 1020 g/mol. The maximum Gasteiger partial charge on any atom is 3.00 e. The third-order valence-electron chi connectivity index (χ3n) is 8.76. The number of allylic oxidation sites excluding steroid dienone is 4. The molecule has 2 aliphatic rings. The molecule has 1 aliphatic heterocycles. The molecule has 5 aromatic carbocycles. The van der Waals surface area contributed by atoms with Crippen LogP contribution in [0.2, 0.25) is 0 Å². The average Bonchev–Trinajstić information content (AvgIpc) is 3.63. The Morgan fingerprint density at radius 1 is 0.413 bits per heavy atom. The monoisotopic (exact) mass is 1020 g/mol. The Morgan fingerprint density at radius 3 is 0.952 bits per heavy atom. The first-order valence-electron chi connectivity index (χ1n) is 19.3. The molecule has 2 nitrogen and oxygen atoms in total. The van der Waals surface area contributed by atoms with Crippen LogP contribution in [0.1, 0.15) is 59.0 Å². The zero-order valence-corrected chi connectivity index (χ0v) is 37.1. The van der Waals surface area contributed by atoms with Crippen LogP contribution in [-0.2, 0) is 19.5 Å². The van der Waals surface area contributed by atoms with Crippen molar-refractivity contribution in [3.05, 3.63) is 181 Å².